The lowest BCUT2D eigenvalue weighted by atomic mass is 10.1. The number of carbonyl (C=O) groups is 2. The number of benzene rings is 2. The summed E-state index contributed by atoms with van der Waals surface area (Å²) < 4.78 is 5.33. The molecule has 5 heteroatoms. The molecule has 0 aliphatic carbocycles. The summed E-state index contributed by atoms with van der Waals surface area (Å²) in [7, 11) is 0. The van der Waals surface area contributed by atoms with Gasteiger partial charge in [0.2, 0.25) is 0 Å². The Kier molecular flexibility index (Phi) is 4.78. The van der Waals surface area contributed by atoms with Crippen LogP contribution in [0.25, 0.3) is 0 Å². The van der Waals surface area contributed by atoms with Crippen molar-refractivity contribution in [1.29, 1.82) is 0 Å². The van der Waals surface area contributed by atoms with Gasteiger partial charge in [-0.3, -0.25) is 4.79 Å². The zero-order valence-corrected chi connectivity index (χ0v) is 12.4. The minimum atomic E-state index is -1.00. The minimum absolute atomic E-state index is 0.139. The molecule has 0 heterocycles. The lowest BCUT2D eigenvalue weighted by Crippen LogP contribution is -2.20. The van der Waals surface area contributed by atoms with Gasteiger partial charge in [0, 0.05) is 5.69 Å². The number of anilines is 1. The minimum Gasteiger partial charge on any atom is -0.484 e. The average molecular weight is 299 g/mol. The molecule has 0 saturated heterocycles. The van der Waals surface area contributed by atoms with E-state index < -0.39 is 5.97 Å². The summed E-state index contributed by atoms with van der Waals surface area (Å²) >= 11 is 0. The normalized spacial score (nSPS) is 10.1. The van der Waals surface area contributed by atoms with Crippen molar-refractivity contribution >= 4 is 17.6 Å². The second-order valence-electron chi connectivity index (χ2n) is 4.98. The van der Waals surface area contributed by atoms with Gasteiger partial charge in [0.15, 0.2) is 6.61 Å². The summed E-state index contributed by atoms with van der Waals surface area (Å²) in [5.41, 5.74) is 3.04. The van der Waals surface area contributed by atoms with Crippen LogP contribution in [0.2, 0.25) is 0 Å². The smallest absolute Gasteiger partial charge is 0.335 e. The van der Waals surface area contributed by atoms with E-state index in [1.54, 1.807) is 0 Å². The molecule has 0 aliphatic rings. The van der Waals surface area contributed by atoms with Gasteiger partial charge < -0.3 is 15.2 Å². The van der Waals surface area contributed by atoms with Crippen molar-refractivity contribution in [3.8, 4) is 5.75 Å². The zero-order chi connectivity index (χ0) is 16.1. The second-order valence-corrected chi connectivity index (χ2v) is 4.98. The Balaban J connectivity index is 1.91. The lowest BCUT2D eigenvalue weighted by molar-refractivity contribution is -0.118. The molecule has 1 amide bonds. The van der Waals surface area contributed by atoms with E-state index in [0.717, 1.165) is 16.8 Å². The molecule has 22 heavy (non-hydrogen) atoms. The molecule has 0 bridgehead atoms. The van der Waals surface area contributed by atoms with Crippen LogP contribution in [0, 0.1) is 13.8 Å². The topological polar surface area (TPSA) is 75.6 Å². The molecular weight excluding hydrogens is 282 g/mol. The van der Waals surface area contributed by atoms with Crippen molar-refractivity contribution in [2.45, 2.75) is 13.8 Å². The molecule has 0 saturated carbocycles. The molecule has 0 unspecified atom stereocenters. The van der Waals surface area contributed by atoms with Gasteiger partial charge in [-0.2, -0.15) is 0 Å². The highest BCUT2D eigenvalue weighted by Crippen LogP contribution is 2.16. The van der Waals surface area contributed by atoms with Gasteiger partial charge in [-0.1, -0.05) is 17.7 Å². The fraction of sp³-hybridized carbons (Fsp3) is 0.176. The van der Waals surface area contributed by atoms with E-state index in [1.807, 2.05) is 32.0 Å². The highest BCUT2D eigenvalue weighted by molar-refractivity contribution is 5.92. The summed E-state index contributed by atoms with van der Waals surface area (Å²) in [6.45, 7) is 3.77. The van der Waals surface area contributed by atoms with Crippen LogP contribution in [-0.2, 0) is 4.79 Å². The van der Waals surface area contributed by atoms with E-state index in [0.29, 0.717) is 5.75 Å². The fourth-order valence-electron chi connectivity index (χ4n) is 1.98. The van der Waals surface area contributed by atoms with Crippen LogP contribution in [-0.4, -0.2) is 23.6 Å². The van der Waals surface area contributed by atoms with Crippen molar-refractivity contribution < 1.29 is 19.4 Å². The Bertz CT molecular complexity index is 692. The van der Waals surface area contributed by atoms with E-state index in [9.17, 15) is 9.59 Å². The van der Waals surface area contributed by atoms with Crippen LogP contribution in [0.4, 0.5) is 5.69 Å². The van der Waals surface area contributed by atoms with Crippen LogP contribution in [0.1, 0.15) is 21.5 Å². The number of aryl methyl sites for hydroxylation is 2. The number of hydrogen-bond acceptors (Lipinski definition) is 3. The van der Waals surface area contributed by atoms with Crippen LogP contribution in [0.3, 0.4) is 0 Å². The zero-order valence-electron chi connectivity index (χ0n) is 12.4. The highest BCUT2D eigenvalue weighted by Gasteiger charge is 2.07. The third kappa shape index (κ3) is 4.09. The second kappa shape index (κ2) is 6.76. The number of carbonyl (C=O) groups excluding carboxylic acids is 1. The largest absolute Gasteiger partial charge is 0.484 e. The molecule has 5 nitrogen and oxygen atoms in total. The van der Waals surface area contributed by atoms with Gasteiger partial charge in [-0.15, -0.1) is 0 Å². The molecule has 0 atom stereocenters. The molecule has 0 aromatic heterocycles. The first-order valence-corrected chi connectivity index (χ1v) is 6.79. The Morgan fingerprint density at radius 3 is 2.36 bits per heavy atom. The van der Waals surface area contributed by atoms with Crippen molar-refractivity contribution in [3.05, 3.63) is 59.2 Å². The number of nitrogens with one attached hydrogen (secondary N) is 1. The van der Waals surface area contributed by atoms with Crippen molar-refractivity contribution in [2.24, 2.45) is 0 Å². The van der Waals surface area contributed by atoms with Crippen molar-refractivity contribution in [3.63, 3.8) is 0 Å². The van der Waals surface area contributed by atoms with Gasteiger partial charge >= 0.3 is 5.97 Å². The van der Waals surface area contributed by atoms with Gasteiger partial charge in [0.05, 0.1) is 5.56 Å². The number of rotatable bonds is 5. The maximum Gasteiger partial charge on any atom is 0.335 e. The first-order chi connectivity index (χ1) is 10.5. The van der Waals surface area contributed by atoms with E-state index >= 15 is 0 Å². The molecule has 2 aromatic carbocycles. The first kappa shape index (κ1) is 15.6. The van der Waals surface area contributed by atoms with Crippen LogP contribution in [0.15, 0.2) is 42.5 Å². The Hall–Kier alpha value is -2.82. The number of ether oxygens (including phenoxy) is 1. The summed E-state index contributed by atoms with van der Waals surface area (Å²) in [5.74, 6) is -0.825. The number of hydrogen-bond donors (Lipinski definition) is 2. The maximum absolute atomic E-state index is 11.9. The quantitative estimate of drug-likeness (QED) is 0.890. The third-order valence-corrected chi connectivity index (χ3v) is 3.13. The Morgan fingerprint density at radius 2 is 1.77 bits per heavy atom. The molecule has 0 radical (unpaired) electrons. The van der Waals surface area contributed by atoms with E-state index in [-0.39, 0.29) is 18.1 Å². The lowest BCUT2D eigenvalue weighted by Gasteiger charge is -2.10. The maximum atomic E-state index is 11.9. The standard InChI is InChI=1S/C17H17NO4/c1-11-3-8-15(12(2)9-11)18-16(19)10-22-14-6-4-13(5-7-14)17(20)21/h3-9H,10H2,1-2H3,(H,18,19)(H,20,21). The summed E-state index contributed by atoms with van der Waals surface area (Å²) in [6.07, 6.45) is 0. The number of aromatic carboxylic acids is 1. The first-order valence-electron chi connectivity index (χ1n) is 6.79. The molecule has 0 aliphatic heterocycles. The molecular formula is C17H17NO4. The molecule has 114 valence electrons. The number of carboxylic acids is 1. The van der Waals surface area contributed by atoms with Gasteiger partial charge in [-0.25, -0.2) is 4.79 Å². The molecule has 2 rings (SSSR count). The monoisotopic (exact) mass is 299 g/mol. The predicted molar refractivity (Wildman–Crippen MR) is 83.4 cm³/mol. The number of carboxylic acid groups (broad SMARTS) is 1. The van der Waals surface area contributed by atoms with Crippen LogP contribution >= 0.6 is 0 Å². The van der Waals surface area contributed by atoms with Gasteiger partial charge in [0.25, 0.3) is 5.91 Å². The molecule has 0 fully saturated rings. The summed E-state index contributed by atoms with van der Waals surface area (Å²) in [4.78, 5) is 22.6. The average Bonchev–Trinajstić information content (AvgIpc) is 2.48. The van der Waals surface area contributed by atoms with Crippen LogP contribution < -0.4 is 10.1 Å². The number of amides is 1. The fourth-order valence-corrected chi connectivity index (χ4v) is 1.98. The van der Waals surface area contributed by atoms with E-state index in [4.69, 9.17) is 9.84 Å². The summed E-state index contributed by atoms with van der Waals surface area (Å²) in [5, 5.41) is 11.6. The van der Waals surface area contributed by atoms with Crippen molar-refractivity contribution in [2.75, 3.05) is 11.9 Å². The van der Waals surface area contributed by atoms with Gasteiger partial charge in [-0.05, 0) is 49.7 Å². The van der Waals surface area contributed by atoms with Gasteiger partial charge in [0.1, 0.15) is 5.75 Å². The summed E-state index contributed by atoms with van der Waals surface area (Å²) in [6, 6.07) is 11.7. The van der Waals surface area contributed by atoms with Crippen molar-refractivity contribution in [1.82, 2.24) is 0 Å². The molecule has 0 spiro atoms. The van der Waals surface area contributed by atoms with E-state index in [1.165, 1.54) is 24.3 Å². The van der Waals surface area contributed by atoms with Crippen LogP contribution in [0.5, 0.6) is 5.75 Å². The SMILES string of the molecule is Cc1ccc(NC(=O)COc2ccc(C(=O)O)cc2)c(C)c1. The Labute approximate surface area is 128 Å². The predicted octanol–water partition coefficient (Wildman–Crippen LogP) is 3.02. The highest BCUT2D eigenvalue weighted by atomic mass is 16.5. The molecule has 2 aromatic rings. The molecule has 2 N–H and O–H groups in total. The third-order valence-electron chi connectivity index (χ3n) is 3.13. The Morgan fingerprint density at radius 1 is 1.09 bits per heavy atom. The van der Waals surface area contributed by atoms with E-state index in [2.05, 4.69) is 5.32 Å².